The maximum absolute atomic E-state index is 12.8. The van der Waals surface area contributed by atoms with Crippen molar-refractivity contribution in [2.75, 3.05) is 6.54 Å². The first-order chi connectivity index (χ1) is 6.19. The molecule has 0 spiro atoms. The first kappa shape index (κ1) is 9.65. The summed E-state index contributed by atoms with van der Waals surface area (Å²) in [4.78, 5) is 0. The van der Waals surface area contributed by atoms with Gasteiger partial charge >= 0.3 is 0 Å². The highest BCUT2D eigenvalue weighted by atomic mass is 19.1. The SMILES string of the molecule is N#Cc1cc([C@@H](O)CN)ccc1F. The molecule has 0 radical (unpaired) electrons. The van der Waals surface area contributed by atoms with Gasteiger partial charge in [0, 0.05) is 6.54 Å². The molecule has 1 aromatic rings. The number of halogens is 1. The smallest absolute Gasteiger partial charge is 0.140 e. The monoisotopic (exact) mass is 180 g/mol. The van der Waals surface area contributed by atoms with Crippen LogP contribution in [-0.2, 0) is 0 Å². The maximum Gasteiger partial charge on any atom is 0.140 e. The number of hydrogen-bond donors (Lipinski definition) is 2. The topological polar surface area (TPSA) is 70.0 Å². The predicted octanol–water partition coefficient (Wildman–Crippen LogP) is 0.689. The summed E-state index contributed by atoms with van der Waals surface area (Å²) in [5.74, 6) is -0.588. The number of nitriles is 1. The van der Waals surface area contributed by atoms with Gasteiger partial charge in [-0.05, 0) is 17.7 Å². The van der Waals surface area contributed by atoms with Crippen LogP contribution in [0.25, 0.3) is 0 Å². The molecule has 3 nitrogen and oxygen atoms in total. The molecule has 1 atom stereocenters. The Bertz CT molecular complexity index is 346. The Kier molecular flexibility index (Phi) is 2.96. The molecule has 68 valence electrons. The third kappa shape index (κ3) is 2.02. The minimum absolute atomic E-state index is 0.0521. The number of nitrogens with two attached hydrogens (primary N) is 1. The summed E-state index contributed by atoms with van der Waals surface area (Å²) in [7, 11) is 0. The number of hydrogen-bond acceptors (Lipinski definition) is 3. The van der Waals surface area contributed by atoms with Crippen LogP contribution in [0.1, 0.15) is 17.2 Å². The molecule has 0 fully saturated rings. The van der Waals surface area contributed by atoms with Gasteiger partial charge in [0.05, 0.1) is 11.7 Å². The van der Waals surface area contributed by atoms with Gasteiger partial charge in [-0.15, -0.1) is 0 Å². The van der Waals surface area contributed by atoms with Gasteiger partial charge in [-0.1, -0.05) is 6.07 Å². The lowest BCUT2D eigenvalue weighted by molar-refractivity contribution is 0.186. The van der Waals surface area contributed by atoms with E-state index in [0.717, 1.165) is 6.07 Å². The van der Waals surface area contributed by atoms with Crippen molar-refractivity contribution >= 4 is 0 Å². The molecule has 0 aliphatic heterocycles. The Hall–Kier alpha value is -1.44. The van der Waals surface area contributed by atoms with Gasteiger partial charge in [-0.25, -0.2) is 4.39 Å². The summed E-state index contributed by atoms with van der Waals surface area (Å²) in [5, 5.41) is 17.8. The lowest BCUT2D eigenvalue weighted by Crippen LogP contribution is -2.11. The fourth-order valence-corrected chi connectivity index (χ4v) is 0.972. The van der Waals surface area contributed by atoms with Gasteiger partial charge in [0.2, 0.25) is 0 Å². The number of aliphatic hydroxyl groups is 1. The van der Waals surface area contributed by atoms with E-state index in [4.69, 9.17) is 11.0 Å². The highest BCUT2D eigenvalue weighted by molar-refractivity contribution is 5.35. The lowest BCUT2D eigenvalue weighted by Gasteiger charge is -2.07. The second-order valence-corrected chi connectivity index (χ2v) is 2.60. The molecular weight excluding hydrogens is 171 g/mol. The Morgan fingerprint density at radius 2 is 2.31 bits per heavy atom. The quantitative estimate of drug-likeness (QED) is 0.703. The molecule has 0 aliphatic carbocycles. The van der Waals surface area contributed by atoms with Crippen LogP contribution in [0, 0.1) is 17.1 Å². The average molecular weight is 180 g/mol. The molecule has 0 heterocycles. The summed E-state index contributed by atoms with van der Waals surface area (Å²) in [5.41, 5.74) is 5.59. The molecule has 0 saturated heterocycles. The highest BCUT2D eigenvalue weighted by Crippen LogP contribution is 2.15. The van der Waals surface area contributed by atoms with Crippen molar-refractivity contribution in [2.24, 2.45) is 5.73 Å². The molecular formula is C9H9FN2O. The number of aliphatic hydroxyl groups excluding tert-OH is 1. The van der Waals surface area contributed by atoms with E-state index in [0.29, 0.717) is 5.56 Å². The zero-order chi connectivity index (χ0) is 9.84. The summed E-state index contributed by atoms with van der Waals surface area (Å²) >= 11 is 0. The van der Waals surface area contributed by atoms with Gasteiger partial charge in [-0.2, -0.15) is 5.26 Å². The van der Waals surface area contributed by atoms with Crippen molar-refractivity contribution in [3.63, 3.8) is 0 Å². The number of nitrogens with zero attached hydrogens (tertiary/aromatic N) is 1. The van der Waals surface area contributed by atoms with Crippen LogP contribution < -0.4 is 5.73 Å². The van der Waals surface area contributed by atoms with Crippen molar-refractivity contribution in [2.45, 2.75) is 6.10 Å². The van der Waals surface area contributed by atoms with Gasteiger partial charge in [0.25, 0.3) is 0 Å². The molecule has 0 aliphatic rings. The van der Waals surface area contributed by atoms with Crippen molar-refractivity contribution in [1.82, 2.24) is 0 Å². The highest BCUT2D eigenvalue weighted by Gasteiger charge is 2.08. The van der Waals surface area contributed by atoms with Gasteiger partial charge in [-0.3, -0.25) is 0 Å². The predicted molar refractivity (Wildman–Crippen MR) is 45.1 cm³/mol. The lowest BCUT2D eigenvalue weighted by atomic mass is 10.1. The second kappa shape index (κ2) is 3.99. The molecule has 0 unspecified atom stereocenters. The first-order valence-corrected chi connectivity index (χ1v) is 3.76. The Labute approximate surface area is 75.2 Å². The Morgan fingerprint density at radius 1 is 1.62 bits per heavy atom. The normalized spacial score (nSPS) is 12.2. The second-order valence-electron chi connectivity index (χ2n) is 2.60. The van der Waals surface area contributed by atoms with Crippen LogP contribution in [-0.4, -0.2) is 11.7 Å². The molecule has 13 heavy (non-hydrogen) atoms. The molecule has 0 saturated carbocycles. The Morgan fingerprint density at radius 3 is 2.85 bits per heavy atom. The minimum Gasteiger partial charge on any atom is -0.387 e. The van der Waals surface area contributed by atoms with Crippen LogP contribution in [0.2, 0.25) is 0 Å². The van der Waals surface area contributed by atoms with Gasteiger partial charge in [0.1, 0.15) is 11.9 Å². The van der Waals surface area contributed by atoms with Crippen molar-refractivity contribution in [3.05, 3.63) is 35.1 Å². The first-order valence-electron chi connectivity index (χ1n) is 3.76. The van der Waals surface area contributed by atoms with E-state index in [2.05, 4.69) is 0 Å². The van der Waals surface area contributed by atoms with Crippen molar-refractivity contribution in [3.8, 4) is 6.07 Å². The van der Waals surface area contributed by atoms with Crippen LogP contribution >= 0.6 is 0 Å². The Balaban J connectivity index is 3.08. The molecule has 4 heteroatoms. The van der Waals surface area contributed by atoms with Crippen molar-refractivity contribution in [1.29, 1.82) is 5.26 Å². The van der Waals surface area contributed by atoms with Crippen LogP contribution in [0.5, 0.6) is 0 Å². The average Bonchev–Trinajstić information content (AvgIpc) is 2.17. The molecule has 1 aromatic carbocycles. The summed E-state index contributed by atoms with van der Waals surface area (Å²) < 4.78 is 12.8. The summed E-state index contributed by atoms with van der Waals surface area (Å²) in [6.45, 7) is 0.0521. The fourth-order valence-electron chi connectivity index (χ4n) is 0.972. The number of benzene rings is 1. The van der Waals surface area contributed by atoms with Gasteiger partial charge < -0.3 is 10.8 Å². The summed E-state index contributed by atoms with van der Waals surface area (Å²) in [6, 6.07) is 5.54. The molecule has 0 aromatic heterocycles. The third-order valence-corrected chi connectivity index (χ3v) is 1.72. The number of rotatable bonds is 2. The molecule has 0 bridgehead atoms. The summed E-state index contributed by atoms with van der Waals surface area (Å²) in [6.07, 6.45) is -0.840. The van der Waals surface area contributed by atoms with Crippen molar-refractivity contribution < 1.29 is 9.50 Å². The zero-order valence-electron chi connectivity index (χ0n) is 6.87. The fraction of sp³-hybridized carbons (Fsp3) is 0.222. The van der Waals surface area contributed by atoms with E-state index in [9.17, 15) is 9.50 Å². The zero-order valence-corrected chi connectivity index (χ0v) is 6.87. The van der Waals surface area contributed by atoms with E-state index >= 15 is 0 Å². The molecule has 1 rings (SSSR count). The van der Waals surface area contributed by atoms with E-state index in [-0.39, 0.29) is 12.1 Å². The standard InChI is InChI=1S/C9H9FN2O/c10-8-2-1-6(9(13)5-12)3-7(8)4-11/h1-3,9,13H,5,12H2/t9-/m0/s1. The van der Waals surface area contributed by atoms with Crippen LogP contribution in [0.15, 0.2) is 18.2 Å². The minimum atomic E-state index is -0.840. The van der Waals surface area contributed by atoms with Crippen LogP contribution in [0.3, 0.4) is 0 Å². The van der Waals surface area contributed by atoms with E-state index in [1.807, 2.05) is 0 Å². The van der Waals surface area contributed by atoms with E-state index < -0.39 is 11.9 Å². The maximum atomic E-state index is 12.8. The van der Waals surface area contributed by atoms with Gasteiger partial charge in [0.15, 0.2) is 0 Å². The van der Waals surface area contributed by atoms with E-state index in [1.165, 1.54) is 12.1 Å². The van der Waals surface area contributed by atoms with Crippen LogP contribution in [0.4, 0.5) is 4.39 Å². The third-order valence-electron chi connectivity index (χ3n) is 1.72. The van der Waals surface area contributed by atoms with E-state index in [1.54, 1.807) is 6.07 Å². The molecule has 0 amide bonds. The largest absolute Gasteiger partial charge is 0.387 e. The molecule has 3 N–H and O–H groups in total.